The van der Waals surface area contributed by atoms with E-state index >= 15 is 0 Å². The molecule has 0 spiro atoms. The normalized spacial score (nSPS) is 27.1. The highest BCUT2D eigenvalue weighted by molar-refractivity contribution is 7.91. The van der Waals surface area contributed by atoms with Crippen LogP contribution in [-0.2, 0) is 16.3 Å². The van der Waals surface area contributed by atoms with Crippen molar-refractivity contribution < 1.29 is 23.4 Å². The smallest absolute Gasteiger partial charge is 0.156 e. The number of hydrogen-bond donors (Lipinski definition) is 2. The molecule has 0 aromatic heterocycles. The van der Waals surface area contributed by atoms with E-state index in [2.05, 4.69) is 0 Å². The first kappa shape index (κ1) is 14.3. The van der Waals surface area contributed by atoms with Crippen molar-refractivity contribution in [3.63, 3.8) is 0 Å². The molecule has 1 aromatic rings. The van der Waals surface area contributed by atoms with Crippen LogP contribution in [0.25, 0.3) is 0 Å². The molecule has 1 aromatic carbocycles. The minimum absolute atomic E-state index is 0.149. The molecule has 0 amide bonds. The zero-order chi connectivity index (χ0) is 14.0. The van der Waals surface area contributed by atoms with Crippen molar-refractivity contribution in [1.82, 2.24) is 0 Å². The maximum Gasteiger partial charge on any atom is 0.156 e. The molecule has 1 saturated heterocycles. The Hall–Kier alpha value is -1.11. The molecule has 2 N–H and O–H groups in total. The number of aliphatic hydroxyl groups is 2. The molecular weight excluding hydrogens is 268 g/mol. The van der Waals surface area contributed by atoms with Gasteiger partial charge in [0.2, 0.25) is 0 Å². The number of ether oxygens (including phenoxy) is 1. The standard InChI is InChI=1S/C13H18O5S/c1-9(14)6-10-2-4-11(5-3-10)18-13-8-19(16,17)7-12(13)15/h2-5,9,12-15H,6-8H2,1H3. The second-order valence-electron chi connectivity index (χ2n) is 5.00. The van der Waals surface area contributed by atoms with Crippen molar-refractivity contribution in [3.8, 4) is 5.75 Å². The van der Waals surface area contributed by atoms with E-state index in [1.165, 1.54) is 0 Å². The molecule has 0 radical (unpaired) electrons. The van der Waals surface area contributed by atoms with Crippen LogP contribution in [0.4, 0.5) is 0 Å². The van der Waals surface area contributed by atoms with Crippen molar-refractivity contribution >= 4 is 9.84 Å². The van der Waals surface area contributed by atoms with E-state index in [0.717, 1.165) is 5.56 Å². The minimum atomic E-state index is -3.20. The van der Waals surface area contributed by atoms with E-state index in [1.54, 1.807) is 19.1 Å². The molecule has 1 fully saturated rings. The van der Waals surface area contributed by atoms with Crippen LogP contribution in [0.1, 0.15) is 12.5 Å². The van der Waals surface area contributed by atoms with Crippen molar-refractivity contribution in [1.29, 1.82) is 0 Å². The molecule has 3 unspecified atom stereocenters. The van der Waals surface area contributed by atoms with Gasteiger partial charge in [-0.1, -0.05) is 12.1 Å². The Morgan fingerprint density at radius 1 is 1.32 bits per heavy atom. The van der Waals surface area contributed by atoms with Crippen LogP contribution in [0.15, 0.2) is 24.3 Å². The van der Waals surface area contributed by atoms with Crippen molar-refractivity contribution in [2.24, 2.45) is 0 Å². The van der Waals surface area contributed by atoms with E-state index < -0.39 is 28.1 Å². The van der Waals surface area contributed by atoms with Crippen LogP contribution >= 0.6 is 0 Å². The van der Waals surface area contributed by atoms with Gasteiger partial charge in [0.25, 0.3) is 0 Å². The predicted molar refractivity (Wildman–Crippen MR) is 70.9 cm³/mol. The Morgan fingerprint density at radius 3 is 2.42 bits per heavy atom. The number of rotatable bonds is 4. The highest BCUT2D eigenvalue weighted by Gasteiger charge is 2.38. The molecule has 19 heavy (non-hydrogen) atoms. The van der Waals surface area contributed by atoms with Gasteiger partial charge in [0.15, 0.2) is 9.84 Å². The first-order chi connectivity index (χ1) is 8.85. The zero-order valence-electron chi connectivity index (χ0n) is 10.7. The highest BCUT2D eigenvalue weighted by Crippen LogP contribution is 2.21. The summed E-state index contributed by atoms with van der Waals surface area (Å²) < 4.78 is 28.2. The molecule has 3 atom stereocenters. The number of benzene rings is 1. The largest absolute Gasteiger partial charge is 0.487 e. The third-order valence-electron chi connectivity index (χ3n) is 3.01. The van der Waals surface area contributed by atoms with Gasteiger partial charge in [-0.3, -0.25) is 0 Å². The van der Waals surface area contributed by atoms with Crippen LogP contribution in [0.5, 0.6) is 5.75 Å². The van der Waals surface area contributed by atoms with E-state index in [0.29, 0.717) is 12.2 Å². The Kier molecular flexibility index (Phi) is 4.13. The Bertz CT molecular complexity index is 520. The average molecular weight is 286 g/mol. The zero-order valence-corrected chi connectivity index (χ0v) is 11.5. The summed E-state index contributed by atoms with van der Waals surface area (Å²) in [5.74, 6) is 0.136. The van der Waals surface area contributed by atoms with Crippen LogP contribution in [0.2, 0.25) is 0 Å². The Labute approximate surface area is 112 Å². The van der Waals surface area contributed by atoms with E-state index in [-0.39, 0.29) is 11.5 Å². The SMILES string of the molecule is CC(O)Cc1ccc(OC2CS(=O)(=O)CC2O)cc1. The quantitative estimate of drug-likeness (QED) is 0.823. The summed E-state index contributed by atoms with van der Waals surface area (Å²) in [5, 5.41) is 18.9. The van der Waals surface area contributed by atoms with Crippen LogP contribution in [-0.4, -0.2) is 48.4 Å². The van der Waals surface area contributed by atoms with Crippen LogP contribution < -0.4 is 4.74 Å². The van der Waals surface area contributed by atoms with Gasteiger partial charge in [-0.05, 0) is 31.0 Å². The van der Waals surface area contributed by atoms with E-state index in [4.69, 9.17) is 4.74 Å². The fourth-order valence-corrected chi connectivity index (χ4v) is 3.79. The summed E-state index contributed by atoms with van der Waals surface area (Å²) in [6.07, 6.45) is -1.52. The summed E-state index contributed by atoms with van der Waals surface area (Å²) in [6.45, 7) is 1.71. The summed E-state index contributed by atoms with van der Waals surface area (Å²) >= 11 is 0. The molecule has 1 aliphatic heterocycles. The van der Waals surface area contributed by atoms with Gasteiger partial charge in [-0.15, -0.1) is 0 Å². The van der Waals surface area contributed by atoms with Crippen LogP contribution in [0, 0.1) is 0 Å². The third kappa shape index (κ3) is 3.92. The fourth-order valence-electron chi connectivity index (χ4n) is 2.13. The number of sulfone groups is 1. The van der Waals surface area contributed by atoms with Crippen LogP contribution in [0.3, 0.4) is 0 Å². The van der Waals surface area contributed by atoms with Crippen molar-refractivity contribution in [2.45, 2.75) is 31.7 Å². The molecule has 106 valence electrons. The second-order valence-corrected chi connectivity index (χ2v) is 7.15. The van der Waals surface area contributed by atoms with Gasteiger partial charge in [0.05, 0.1) is 17.6 Å². The van der Waals surface area contributed by atoms with Crippen molar-refractivity contribution in [2.75, 3.05) is 11.5 Å². The maximum absolute atomic E-state index is 11.3. The lowest BCUT2D eigenvalue weighted by Gasteiger charge is -2.16. The molecule has 1 heterocycles. The summed E-state index contributed by atoms with van der Waals surface area (Å²) in [4.78, 5) is 0. The maximum atomic E-state index is 11.3. The lowest BCUT2D eigenvalue weighted by molar-refractivity contribution is 0.0738. The summed E-state index contributed by atoms with van der Waals surface area (Å²) in [5.41, 5.74) is 0.974. The minimum Gasteiger partial charge on any atom is -0.487 e. The molecule has 5 nitrogen and oxygen atoms in total. The van der Waals surface area contributed by atoms with Gasteiger partial charge in [-0.2, -0.15) is 0 Å². The Balaban J connectivity index is 2.00. The number of aliphatic hydroxyl groups excluding tert-OH is 2. The monoisotopic (exact) mass is 286 g/mol. The summed E-state index contributed by atoms with van der Waals surface area (Å²) in [6, 6.07) is 7.07. The number of hydrogen-bond acceptors (Lipinski definition) is 5. The second kappa shape index (κ2) is 5.48. The first-order valence-electron chi connectivity index (χ1n) is 6.18. The predicted octanol–water partition coefficient (Wildman–Crippen LogP) is 0.147. The van der Waals surface area contributed by atoms with Gasteiger partial charge >= 0.3 is 0 Å². The van der Waals surface area contributed by atoms with Gasteiger partial charge in [0.1, 0.15) is 18.0 Å². The first-order valence-corrected chi connectivity index (χ1v) is 8.00. The molecule has 0 bridgehead atoms. The lowest BCUT2D eigenvalue weighted by atomic mass is 10.1. The van der Waals surface area contributed by atoms with E-state index in [9.17, 15) is 18.6 Å². The lowest BCUT2D eigenvalue weighted by Crippen LogP contribution is -2.29. The summed E-state index contributed by atoms with van der Waals surface area (Å²) in [7, 11) is -3.20. The highest BCUT2D eigenvalue weighted by atomic mass is 32.2. The van der Waals surface area contributed by atoms with Crippen molar-refractivity contribution in [3.05, 3.63) is 29.8 Å². The molecule has 1 aliphatic rings. The average Bonchev–Trinajstić information content (AvgIpc) is 2.54. The molecule has 6 heteroatoms. The van der Waals surface area contributed by atoms with Gasteiger partial charge in [-0.25, -0.2) is 8.42 Å². The van der Waals surface area contributed by atoms with Gasteiger partial charge in [0, 0.05) is 0 Å². The fraction of sp³-hybridized carbons (Fsp3) is 0.538. The van der Waals surface area contributed by atoms with E-state index in [1.807, 2.05) is 12.1 Å². The molecule has 0 saturated carbocycles. The Morgan fingerprint density at radius 2 is 1.95 bits per heavy atom. The molecular formula is C13H18O5S. The topological polar surface area (TPSA) is 83.8 Å². The third-order valence-corrected chi connectivity index (χ3v) is 4.70. The molecule has 0 aliphatic carbocycles. The van der Waals surface area contributed by atoms with Gasteiger partial charge < -0.3 is 14.9 Å². The molecule has 2 rings (SSSR count).